The summed E-state index contributed by atoms with van der Waals surface area (Å²) in [5.41, 5.74) is 25.9. The molecule has 0 unspecified atom stereocenters. The van der Waals surface area contributed by atoms with Crippen LogP contribution in [0.4, 0.5) is 0 Å². The monoisotopic (exact) mass is 716 g/mol. The maximum Gasteiger partial charge on any atom is 0.0910 e. The van der Waals surface area contributed by atoms with E-state index in [4.69, 9.17) is 4.99 Å². The van der Waals surface area contributed by atoms with Crippen LogP contribution in [-0.4, -0.2) is 20.7 Å². The van der Waals surface area contributed by atoms with Crippen LogP contribution in [-0.2, 0) is 44.9 Å². The van der Waals surface area contributed by atoms with Gasteiger partial charge in [0, 0.05) is 28.6 Å². The molecule has 2 aromatic carbocycles. The summed E-state index contributed by atoms with van der Waals surface area (Å²) in [6.45, 7) is 22.9. The highest BCUT2D eigenvalue weighted by Gasteiger charge is 2.32. The first kappa shape index (κ1) is 37.5. The van der Waals surface area contributed by atoms with Gasteiger partial charge >= 0.3 is 0 Å². The maximum atomic E-state index is 5.83. The molecule has 3 aromatic heterocycles. The molecule has 0 aliphatic carbocycles. The molecule has 0 amide bonds. The van der Waals surface area contributed by atoms with Crippen molar-refractivity contribution in [3.05, 3.63) is 154 Å². The normalized spacial score (nSPS) is 17.3. The summed E-state index contributed by atoms with van der Waals surface area (Å²) in [7, 11) is 0. The molecule has 4 nitrogen and oxygen atoms in total. The van der Waals surface area contributed by atoms with Crippen molar-refractivity contribution in [3.63, 3.8) is 0 Å². The van der Waals surface area contributed by atoms with E-state index in [9.17, 15) is 0 Å². The lowest BCUT2D eigenvalue weighted by atomic mass is 9.89. The Morgan fingerprint density at radius 2 is 0.981 bits per heavy atom. The average molecular weight is 717 g/mol. The van der Waals surface area contributed by atoms with Gasteiger partial charge in [-0.1, -0.05) is 121 Å². The Hall–Kier alpha value is -4.83. The van der Waals surface area contributed by atoms with Crippen LogP contribution < -0.4 is 10.7 Å². The van der Waals surface area contributed by atoms with Crippen molar-refractivity contribution in [2.75, 3.05) is 0 Å². The molecular formula is C50H60N4. The van der Waals surface area contributed by atoms with Crippen molar-refractivity contribution in [1.29, 1.82) is 0 Å². The van der Waals surface area contributed by atoms with Crippen LogP contribution >= 0.6 is 0 Å². The standard InChI is InChI=1S/C50H60N4/c1-11-33-35(13-3)45-43(31-23-19-29(9)20-24-31)47-37(15-5)39(17-7)49(53-47)50-40(18-8)38(16-6)48(54-50)44(32-25-21-30(10)22-26-32)46-36(14-4)34(12-2)42(52-46)28-27-41(33)51-45/h19-27,51-53H,11-18,28H2,1-10H3/b41-27-,45-43-,48-44-. The molecule has 8 bridgehead atoms. The third kappa shape index (κ3) is 6.12. The van der Waals surface area contributed by atoms with Gasteiger partial charge in [0.1, 0.15) is 0 Å². The number of hydrogen-bond acceptors (Lipinski definition) is 1. The number of aryl methyl sites for hydroxylation is 2. The Labute approximate surface area is 323 Å². The van der Waals surface area contributed by atoms with E-state index in [1.165, 1.54) is 111 Å². The number of aliphatic imine (C=N–C) groups is 1. The summed E-state index contributed by atoms with van der Waals surface area (Å²) in [4.78, 5) is 18.2. The largest absolute Gasteiger partial charge is 0.358 e. The molecule has 7 rings (SSSR count). The summed E-state index contributed by atoms with van der Waals surface area (Å²) in [6.07, 6.45) is 10.9. The van der Waals surface area contributed by atoms with Crippen LogP contribution in [0.15, 0.2) is 70.4 Å². The highest BCUT2D eigenvalue weighted by Crippen LogP contribution is 2.43. The van der Waals surface area contributed by atoms with Crippen molar-refractivity contribution in [2.45, 2.75) is 127 Å². The van der Waals surface area contributed by atoms with Gasteiger partial charge in [0.2, 0.25) is 0 Å². The second-order valence-corrected chi connectivity index (χ2v) is 15.1. The van der Waals surface area contributed by atoms with Crippen LogP contribution in [0.3, 0.4) is 0 Å². The Morgan fingerprint density at radius 1 is 0.481 bits per heavy atom. The minimum atomic E-state index is 0.834. The number of aromatic nitrogens is 3. The smallest absolute Gasteiger partial charge is 0.0910 e. The van der Waals surface area contributed by atoms with E-state index in [0.29, 0.717) is 0 Å². The molecular weight excluding hydrogens is 657 g/mol. The summed E-state index contributed by atoms with van der Waals surface area (Å²) in [5, 5.41) is 2.50. The Bertz CT molecular complexity index is 2430. The lowest BCUT2D eigenvalue weighted by Crippen LogP contribution is -2.18. The molecule has 5 heterocycles. The Balaban J connectivity index is 1.72. The Morgan fingerprint density at radius 3 is 1.52 bits per heavy atom. The first-order chi connectivity index (χ1) is 26.3. The fourth-order valence-electron chi connectivity index (χ4n) is 9.56. The van der Waals surface area contributed by atoms with Crippen molar-refractivity contribution in [2.24, 2.45) is 4.99 Å². The van der Waals surface area contributed by atoms with E-state index in [1.54, 1.807) is 0 Å². The third-order valence-electron chi connectivity index (χ3n) is 12.2. The van der Waals surface area contributed by atoms with E-state index in [2.05, 4.69) is 139 Å². The number of nitrogens with one attached hydrogen (secondary N) is 3. The van der Waals surface area contributed by atoms with Gasteiger partial charge in [-0.05, 0) is 121 Å². The molecule has 2 aliphatic rings. The van der Waals surface area contributed by atoms with Crippen LogP contribution in [0.25, 0.3) is 17.2 Å². The molecule has 5 aromatic rings. The van der Waals surface area contributed by atoms with Gasteiger partial charge in [-0.3, -0.25) is 0 Å². The summed E-state index contributed by atoms with van der Waals surface area (Å²) in [5.74, 6) is 0. The van der Waals surface area contributed by atoms with E-state index in [-0.39, 0.29) is 0 Å². The van der Waals surface area contributed by atoms with E-state index >= 15 is 0 Å². The van der Waals surface area contributed by atoms with Crippen molar-refractivity contribution >= 4 is 22.9 Å². The zero-order valence-electron chi connectivity index (χ0n) is 34.5. The van der Waals surface area contributed by atoms with Crippen molar-refractivity contribution in [1.82, 2.24) is 15.0 Å². The molecule has 0 atom stereocenters. The highest BCUT2D eigenvalue weighted by molar-refractivity contribution is 6.17. The number of fused-ring (bicyclic) bond motifs is 8. The van der Waals surface area contributed by atoms with Gasteiger partial charge < -0.3 is 15.0 Å². The van der Waals surface area contributed by atoms with Crippen molar-refractivity contribution < 1.29 is 0 Å². The minimum absolute atomic E-state index is 0.834. The Kier molecular flexibility index (Phi) is 10.8. The van der Waals surface area contributed by atoms with Crippen LogP contribution in [0, 0.1) is 13.8 Å². The first-order valence-electron chi connectivity index (χ1n) is 20.9. The molecule has 0 spiro atoms. The zero-order chi connectivity index (χ0) is 38.3. The van der Waals surface area contributed by atoms with Gasteiger partial charge in [-0.15, -0.1) is 0 Å². The predicted molar refractivity (Wildman–Crippen MR) is 230 cm³/mol. The predicted octanol–water partition coefficient (Wildman–Crippen LogP) is 10.6. The molecule has 54 heavy (non-hydrogen) atoms. The second-order valence-electron chi connectivity index (χ2n) is 15.1. The molecule has 0 fully saturated rings. The van der Waals surface area contributed by atoms with Gasteiger partial charge in [0.05, 0.1) is 33.8 Å². The second kappa shape index (κ2) is 15.5. The quantitative estimate of drug-likeness (QED) is 0.129. The minimum Gasteiger partial charge on any atom is -0.358 e. The van der Waals surface area contributed by atoms with Gasteiger partial charge in [0.15, 0.2) is 0 Å². The number of benzene rings is 2. The zero-order valence-corrected chi connectivity index (χ0v) is 34.5. The molecule has 4 heteroatoms. The van der Waals surface area contributed by atoms with Gasteiger partial charge in [-0.2, -0.15) is 0 Å². The van der Waals surface area contributed by atoms with Crippen LogP contribution in [0.2, 0.25) is 0 Å². The van der Waals surface area contributed by atoms with Crippen LogP contribution in [0.5, 0.6) is 0 Å². The number of rotatable bonds is 10. The lowest BCUT2D eigenvalue weighted by molar-refractivity contribution is 1.02. The number of allylic oxidation sites excluding steroid dienone is 2. The number of aromatic amines is 3. The van der Waals surface area contributed by atoms with Crippen LogP contribution in [0.1, 0.15) is 147 Å². The van der Waals surface area contributed by atoms with Gasteiger partial charge in [0.25, 0.3) is 0 Å². The third-order valence-corrected chi connectivity index (χ3v) is 12.2. The molecule has 0 saturated heterocycles. The molecule has 3 N–H and O–H groups in total. The fourth-order valence-corrected chi connectivity index (χ4v) is 9.56. The summed E-state index contributed by atoms with van der Waals surface area (Å²) in [6, 6.07) is 18.3. The number of hydrogen-bond donors (Lipinski definition) is 3. The molecule has 2 aliphatic heterocycles. The fraction of sp³-hybridized carbons (Fsp3) is 0.380. The van der Waals surface area contributed by atoms with Crippen molar-refractivity contribution in [3.8, 4) is 0 Å². The topological polar surface area (TPSA) is 59.7 Å². The summed E-state index contributed by atoms with van der Waals surface area (Å²) < 4.78 is 0. The van der Waals surface area contributed by atoms with E-state index in [1.807, 2.05) is 0 Å². The van der Waals surface area contributed by atoms with Gasteiger partial charge in [-0.25, -0.2) is 4.99 Å². The highest BCUT2D eigenvalue weighted by atomic mass is 14.9. The maximum absolute atomic E-state index is 5.83. The van der Waals surface area contributed by atoms with E-state index in [0.717, 1.165) is 69.2 Å². The van der Waals surface area contributed by atoms with E-state index < -0.39 is 0 Å². The SMILES string of the molecule is CCC1=C(CC)/C2=C(\c3ccc(C)cc3)c3[nH]c(c(CC)c3CC)C/C=c3\[nH]/c(c(CC)c3CC)=C(/c3ccc(C)cc3)c3[nH]c(c(CC)c3CC)C1=N2. The first-order valence-corrected chi connectivity index (χ1v) is 20.9. The molecule has 280 valence electrons. The summed E-state index contributed by atoms with van der Waals surface area (Å²) >= 11 is 0. The average Bonchev–Trinajstić information content (AvgIpc) is 3.94. The molecule has 0 radical (unpaired) electrons. The number of nitrogens with zero attached hydrogens (tertiary/aromatic N) is 1. The lowest BCUT2D eigenvalue weighted by Gasteiger charge is -2.15. The number of H-pyrrole nitrogens is 3. The molecule has 0 saturated carbocycles.